The first-order valence-electron chi connectivity index (χ1n) is 9.06. The quantitative estimate of drug-likeness (QED) is 0.307. The summed E-state index contributed by atoms with van der Waals surface area (Å²) in [5.41, 5.74) is 5.79. The zero-order valence-corrected chi connectivity index (χ0v) is 21.6. The van der Waals surface area contributed by atoms with Crippen LogP contribution in [0.15, 0.2) is 54.1 Å². The van der Waals surface area contributed by atoms with Gasteiger partial charge >= 0.3 is 34.9 Å². The van der Waals surface area contributed by atoms with Crippen LogP contribution in [0.5, 0.6) is 0 Å². The van der Waals surface area contributed by atoms with Gasteiger partial charge in [-0.2, -0.15) is 12.1 Å². The zero-order chi connectivity index (χ0) is 18.3. The molecule has 5 heteroatoms. The van der Waals surface area contributed by atoms with Crippen molar-refractivity contribution >= 4 is 18.1 Å². The van der Waals surface area contributed by atoms with E-state index in [-0.39, 0.29) is 24.8 Å². The first-order valence-corrected chi connectivity index (χ1v) is 13.9. The van der Waals surface area contributed by atoms with Crippen LogP contribution in [0.1, 0.15) is 42.4 Å². The molecule has 2 aromatic rings. The molecule has 2 aromatic carbocycles. The second-order valence-electron chi connectivity index (χ2n) is 7.35. The van der Waals surface area contributed by atoms with Gasteiger partial charge in [0.1, 0.15) is 0 Å². The van der Waals surface area contributed by atoms with Crippen LogP contribution in [0, 0.1) is 0 Å². The van der Waals surface area contributed by atoms with Crippen LogP contribution in [-0.4, -0.2) is 18.6 Å². The van der Waals surface area contributed by atoms with Crippen molar-refractivity contribution in [1.29, 1.82) is 0 Å². The minimum atomic E-state index is -1.39. The number of benzene rings is 1. The Balaban J connectivity index is 0.00000127. The van der Waals surface area contributed by atoms with E-state index < -0.39 is 8.32 Å². The van der Waals surface area contributed by atoms with Crippen LogP contribution in [0.25, 0.3) is 6.08 Å². The standard InChI is InChI=1S/C20H25OSi.C2H4.2ClH.Zr/c1-22(2,3)21-14-8-12-18-15-17-11-6-7-13-19(17)20(18)16-9-4-5-10-16;1-2;;;/h4-7,9-11,13,15,20H,8,12,14H2,1-3H3;1H,2H3;2*1H;/q-1;;;;+2/p-2. The summed E-state index contributed by atoms with van der Waals surface area (Å²) in [5.74, 6) is 0.443. The monoisotopic (exact) mass is 497 g/mol. The predicted octanol–water partition coefficient (Wildman–Crippen LogP) is -0.0706. The molecule has 1 nitrogen and oxygen atoms in total. The number of hydrogen-bond acceptors (Lipinski definition) is 1. The fourth-order valence-electron chi connectivity index (χ4n) is 3.23. The number of hydrogen-bond donors (Lipinski definition) is 0. The first kappa shape index (κ1) is 26.8. The molecule has 146 valence electrons. The molecule has 0 fully saturated rings. The van der Waals surface area contributed by atoms with Crippen molar-refractivity contribution in [2.45, 2.75) is 45.3 Å². The number of allylic oxidation sites excluding steroid dienone is 1. The molecule has 27 heavy (non-hydrogen) atoms. The topological polar surface area (TPSA) is 9.23 Å². The summed E-state index contributed by atoms with van der Waals surface area (Å²) in [4.78, 5) is 0. The van der Waals surface area contributed by atoms with E-state index in [2.05, 4.69) is 78.0 Å². The van der Waals surface area contributed by atoms with Gasteiger partial charge in [-0.05, 0) is 49.5 Å². The van der Waals surface area contributed by atoms with Gasteiger partial charge in [-0.25, -0.2) is 12.1 Å². The smallest absolute Gasteiger partial charge is 0.183 e. The molecule has 3 rings (SSSR count). The molecular formula is C22H29Cl2OSiZr-. The van der Waals surface area contributed by atoms with Crippen LogP contribution in [-0.2, 0) is 28.7 Å². The van der Waals surface area contributed by atoms with E-state index in [0.29, 0.717) is 5.92 Å². The van der Waals surface area contributed by atoms with Crippen molar-refractivity contribution in [2.24, 2.45) is 0 Å². The van der Waals surface area contributed by atoms with Crippen molar-refractivity contribution in [3.8, 4) is 0 Å². The van der Waals surface area contributed by atoms with Gasteiger partial charge < -0.3 is 29.2 Å². The Morgan fingerprint density at radius 2 is 1.67 bits per heavy atom. The first-order chi connectivity index (χ1) is 12.0. The van der Waals surface area contributed by atoms with Crippen molar-refractivity contribution in [2.75, 3.05) is 6.61 Å². The molecule has 0 aromatic heterocycles. The third-order valence-corrected chi connectivity index (χ3v) is 5.26. The van der Waals surface area contributed by atoms with E-state index in [0.717, 1.165) is 19.4 Å². The fraction of sp³-hybridized carbons (Fsp3) is 0.364. The fourth-order valence-corrected chi connectivity index (χ4v) is 3.99. The number of fused-ring (bicyclic) bond motifs is 1. The normalized spacial score (nSPS) is 14.7. The van der Waals surface area contributed by atoms with Gasteiger partial charge in [0.2, 0.25) is 0 Å². The maximum absolute atomic E-state index is 6.00. The molecule has 0 N–H and O–H groups in total. The second kappa shape index (κ2) is 13.1. The minimum absolute atomic E-state index is 0. The maximum Gasteiger partial charge on any atom is 0.183 e. The average molecular weight is 500 g/mol. The Morgan fingerprint density at radius 1 is 1.07 bits per heavy atom. The van der Waals surface area contributed by atoms with Gasteiger partial charge in [-0.1, -0.05) is 35.9 Å². The van der Waals surface area contributed by atoms with Gasteiger partial charge in [-0.3, -0.25) is 0 Å². The summed E-state index contributed by atoms with van der Waals surface area (Å²) >= 11 is 1.51. The van der Waals surface area contributed by atoms with Crippen LogP contribution >= 0.6 is 0 Å². The van der Waals surface area contributed by atoms with Crippen molar-refractivity contribution in [3.63, 3.8) is 0 Å². The van der Waals surface area contributed by atoms with Gasteiger partial charge in [0, 0.05) is 6.61 Å². The summed E-state index contributed by atoms with van der Waals surface area (Å²) < 4.78 is 8.09. The summed E-state index contributed by atoms with van der Waals surface area (Å²) in [6, 6.07) is 17.6. The molecule has 1 aliphatic carbocycles. The zero-order valence-electron chi connectivity index (χ0n) is 16.6. The van der Waals surface area contributed by atoms with Gasteiger partial charge in [0.05, 0.1) is 0 Å². The number of rotatable bonds is 6. The average Bonchev–Trinajstić information content (AvgIpc) is 3.18. The van der Waals surface area contributed by atoms with E-state index in [1.807, 2.05) is 6.92 Å². The Hall–Kier alpha value is -0.180. The largest absolute Gasteiger partial charge is 1.00 e. The van der Waals surface area contributed by atoms with E-state index in [4.69, 9.17) is 4.43 Å². The van der Waals surface area contributed by atoms with Crippen LogP contribution < -0.4 is 24.8 Å². The molecule has 1 atom stereocenters. The molecule has 1 aliphatic rings. The maximum atomic E-state index is 6.00. The number of halogens is 2. The molecular weight excluding hydrogens is 470 g/mol. The molecule has 0 radical (unpaired) electrons. The molecule has 0 bridgehead atoms. The third-order valence-electron chi connectivity index (χ3n) is 4.19. The summed E-state index contributed by atoms with van der Waals surface area (Å²) in [6.45, 7) is 9.69. The summed E-state index contributed by atoms with van der Waals surface area (Å²) in [7, 11) is -1.39. The molecule has 0 aliphatic heterocycles. The van der Waals surface area contributed by atoms with Crippen molar-refractivity contribution in [1.82, 2.24) is 0 Å². The van der Waals surface area contributed by atoms with Crippen LogP contribution in [0.4, 0.5) is 0 Å². The Morgan fingerprint density at radius 3 is 2.26 bits per heavy atom. The predicted molar refractivity (Wildman–Crippen MR) is 109 cm³/mol. The van der Waals surface area contributed by atoms with E-state index in [1.165, 1.54) is 46.5 Å². The Kier molecular flexibility index (Phi) is 13.0. The van der Waals surface area contributed by atoms with Crippen molar-refractivity contribution < 1.29 is 53.5 Å². The summed E-state index contributed by atoms with van der Waals surface area (Å²) in [5, 5.41) is 0. The third kappa shape index (κ3) is 8.38. The molecule has 0 saturated heterocycles. The van der Waals surface area contributed by atoms with Gasteiger partial charge in [0.25, 0.3) is 0 Å². The van der Waals surface area contributed by atoms with Crippen LogP contribution in [0.3, 0.4) is 0 Å². The van der Waals surface area contributed by atoms with E-state index in [1.54, 1.807) is 0 Å². The second-order valence-corrected chi connectivity index (χ2v) is 13.3. The van der Waals surface area contributed by atoms with Gasteiger partial charge in [0.15, 0.2) is 8.32 Å². The van der Waals surface area contributed by atoms with E-state index in [9.17, 15) is 0 Å². The SMILES string of the molecule is C[CH]=[Zr+2].C[Si](C)(C)OCCCC1=Cc2ccccc2C1[c-]1cccc1.[Cl-].[Cl-]. The molecule has 1 unspecified atom stereocenters. The van der Waals surface area contributed by atoms with Gasteiger partial charge in [-0.15, -0.1) is 5.56 Å². The molecule has 0 spiro atoms. The summed E-state index contributed by atoms with van der Waals surface area (Å²) in [6.07, 6.45) is 4.62. The van der Waals surface area contributed by atoms with E-state index >= 15 is 0 Å². The Labute approximate surface area is 193 Å². The van der Waals surface area contributed by atoms with Crippen LogP contribution in [0.2, 0.25) is 19.6 Å². The minimum Gasteiger partial charge on any atom is -1.00 e. The molecule has 0 saturated carbocycles. The van der Waals surface area contributed by atoms with Crippen molar-refractivity contribution in [3.05, 3.63) is 70.8 Å². The molecule has 0 amide bonds. The Bertz CT molecular complexity index is 705. The molecule has 0 heterocycles.